The highest BCUT2D eigenvalue weighted by Gasteiger charge is 2.10. The van der Waals surface area contributed by atoms with Crippen LogP contribution in [0.3, 0.4) is 0 Å². The number of nitrogens with zero attached hydrogens (tertiary/aromatic N) is 1. The number of aryl methyl sites for hydroxylation is 2. The van der Waals surface area contributed by atoms with Crippen LogP contribution in [0, 0.1) is 13.8 Å². The Kier molecular flexibility index (Phi) is 8.31. The molecular formula is C22H24N4O4. The number of benzene rings is 2. The first-order valence-electron chi connectivity index (χ1n) is 9.21. The topological polar surface area (TPSA) is 109 Å². The molecular weight excluding hydrogens is 384 g/mol. The first kappa shape index (κ1) is 22.4. The Morgan fingerprint density at radius 1 is 1.07 bits per heavy atom. The van der Waals surface area contributed by atoms with E-state index in [-0.39, 0.29) is 19.1 Å². The summed E-state index contributed by atoms with van der Waals surface area (Å²) in [5.74, 6) is -1.42. The van der Waals surface area contributed by atoms with Crippen molar-refractivity contribution in [1.82, 2.24) is 10.7 Å². The van der Waals surface area contributed by atoms with Gasteiger partial charge in [-0.25, -0.2) is 5.43 Å². The lowest BCUT2D eigenvalue weighted by atomic mass is 10.1. The number of nitrogens with one attached hydrogen (secondary N) is 3. The molecule has 3 N–H and O–H groups in total. The minimum atomic E-state index is -0.872. The number of hydrazone groups is 1. The van der Waals surface area contributed by atoms with Crippen molar-refractivity contribution in [1.29, 1.82) is 0 Å². The Bertz CT molecular complexity index is 952. The molecule has 0 aliphatic carbocycles. The van der Waals surface area contributed by atoms with Crippen LogP contribution in [0.25, 0.3) is 0 Å². The summed E-state index contributed by atoms with van der Waals surface area (Å²) in [5, 5.41) is 8.89. The number of hydrogen-bond donors (Lipinski definition) is 3. The van der Waals surface area contributed by atoms with Crippen molar-refractivity contribution in [2.24, 2.45) is 5.10 Å². The fourth-order valence-electron chi connectivity index (χ4n) is 2.32. The first-order chi connectivity index (χ1) is 14.4. The second-order valence-corrected chi connectivity index (χ2v) is 6.42. The fraction of sp³-hybridized carbons (Fsp3) is 0.182. The largest absolute Gasteiger partial charge is 0.484 e. The zero-order valence-electron chi connectivity index (χ0n) is 16.9. The summed E-state index contributed by atoms with van der Waals surface area (Å²) in [4.78, 5) is 35.0. The molecule has 8 nitrogen and oxygen atoms in total. The molecule has 30 heavy (non-hydrogen) atoms. The first-order valence-corrected chi connectivity index (χ1v) is 9.21. The molecule has 0 fully saturated rings. The van der Waals surface area contributed by atoms with Crippen LogP contribution in [0.4, 0.5) is 5.69 Å². The van der Waals surface area contributed by atoms with Crippen LogP contribution in [0.5, 0.6) is 5.75 Å². The molecule has 156 valence electrons. The van der Waals surface area contributed by atoms with Crippen molar-refractivity contribution in [3.8, 4) is 5.75 Å². The average Bonchev–Trinajstić information content (AvgIpc) is 2.74. The Hall–Kier alpha value is -3.94. The SMILES string of the molecule is C=CCNC(=O)C(=O)N/N=C\c1ccc(OCC(=O)Nc2cc(C)ccc2C)cc1. The number of amides is 3. The molecule has 3 amide bonds. The third-order valence-electron chi connectivity index (χ3n) is 3.91. The average molecular weight is 408 g/mol. The Morgan fingerprint density at radius 3 is 2.50 bits per heavy atom. The van der Waals surface area contributed by atoms with E-state index in [2.05, 4.69) is 27.7 Å². The van der Waals surface area contributed by atoms with Crippen molar-refractivity contribution in [2.75, 3.05) is 18.5 Å². The van der Waals surface area contributed by atoms with Crippen LogP contribution in [0.15, 0.2) is 60.2 Å². The van der Waals surface area contributed by atoms with E-state index in [0.29, 0.717) is 11.3 Å². The molecule has 0 unspecified atom stereocenters. The zero-order chi connectivity index (χ0) is 21.9. The highest BCUT2D eigenvalue weighted by atomic mass is 16.5. The smallest absolute Gasteiger partial charge is 0.329 e. The standard InChI is InChI=1S/C22H24N4O4/c1-4-11-23-21(28)22(29)26-24-13-17-7-9-18(10-8-17)30-14-20(27)25-19-12-15(2)5-6-16(19)3/h4-10,12-13H,1,11,14H2,2-3H3,(H,23,28)(H,25,27)(H,26,29)/b24-13-. The molecule has 0 aliphatic heterocycles. The van der Waals surface area contributed by atoms with Gasteiger partial charge in [0.1, 0.15) is 5.75 Å². The molecule has 2 aromatic carbocycles. The predicted molar refractivity (Wildman–Crippen MR) is 115 cm³/mol. The van der Waals surface area contributed by atoms with Gasteiger partial charge >= 0.3 is 11.8 Å². The number of hydrogen-bond acceptors (Lipinski definition) is 5. The van der Waals surface area contributed by atoms with E-state index in [1.54, 1.807) is 24.3 Å². The lowest BCUT2D eigenvalue weighted by Crippen LogP contribution is -2.37. The summed E-state index contributed by atoms with van der Waals surface area (Å²) < 4.78 is 5.49. The lowest BCUT2D eigenvalue weighted by molar-refractivity contribution is -0.139. The van der Waals surface area contributed by atoms with Crippen LogP contribution < -0.4 is 20.8 Å². The molecule has 0 aliphatic rings. The Morgan fingerprint density at radius 2 is 1.80 bits per heavy atom. The van der Waals surface area contributed by atoms with Gasteiger partial charge in [0.15, 0.2) is 6.61 Å². The van der Waals surface area contributed by atoms with E-state index in [1.807, 2.05) is 32.0 Å². The third kappa shape index (κ3) is 7.23. The van der Waals surface area contributed by atoms with Gasteiger partial charge in [0, 0.05) is 12.2 Å². The second kappa shape index (κ2) is 11.2. The maximum atomic E-state index is 12.1. The molecule has 0 aromatic heterocycles. The summed E-state index contributed by atoms with van der Waals surface area (Å²) in [6.07, 6.45) is 2.85. The summed E-state index contributed by atoms with van der Waals surface area (Å²) >= 11 is 0. The highest BCUT2D eigenvalue weighted by Crippen LogP contribution is 2.16. The van der Waals surface area contributed by atoms with Crippen molar-refractivity contribution in [2.45, 2.75) is 13.8 Å². The van der Waals surface area contributed by atoms with Gasteiger partial charge in [0.2, 0.25) is 0 Å². The van der Waals surface area contributed by atoms with Crippen LogP contribution in [0.1, 0.15) is 16.7 Å². The van der Waals surface area contributed by atoms with E-state index >= 15 is 0 Å². The predicted octanol–water partition coefficient (Wildman–Crippen LogP) is 2.07. The highest BCUT2D eigenvalue weighted by molar-refractivity contribution is 6.35. The summed E-state index contributed by atoms with van der Waals surface area (Å²) in [7, 11) is 0. The van der Waals surface area contributed by atoms with Crippen LogP contribution in [0.2, 0.25) is 0 Å². The van der Waals surface area contributed by atoms with Gasteiger partial charge in [-0.1, -0.05) is 18.2 Å². The monoisotopic (exact) mass is 408 g/mol. The quantitative estimate of drug-likeness (QED) is 0.269. The second-order valence-electron chi connectivity index (χ2n) is 6.42. The number of ether oxygens (including phenoxy) is 1. The van der Waals surface area contributed by atoms with Gasteiger partial charge < -0.3 is 15.4 Å². The van der Waals surface area contributed by atoms with Crippen LogP contribution in [-0.4, -0.2) is 37.1 Å². The molecule has 0 heterocycles. The normalized spacial score (nSPS) is 10.3. The van der Waals surface area contributed by atoms with Crippen molar-refractivity contribution < 1.29 is 19.1 Å². The minimum Gasteiger partial charge on any atom is -0.484 e. The lowest BCUT2D eigenvalue weighted by Gasteiger charge is -2.10. The van der Waals surface area contributed by atoms with Gasteiger partial charge in [-0.2, -0.15) is 5.10 Å². The van der Waals surface area contributed by atoms with E-state index in [4.69, 9.17) is 4.74 Å². The maximum Gasteiger partial charge on any atom is 0.329 e. The Labute approximate surface area is 175 Å². The van der Waals surface area contributed by atoms with Gasteiger partial charge in [0.05, 0.1) is 6.21 Å². The van der Waals surface area contributed by atoms with E-state index in [0.717, 1.165) is 16.8 Å². The number of carbonyl (C=O) groups is 3. The zero-order valence-corrected chi connectivity index (χ0v) is 16.9. The third-order valence-corrected chi connectivity index (χ3v) is 3.91. The number of rotatable bonds is 8. The molecule has 2 aromatic rings. The van der Waals surface area contributed by atoms with E-state index < -0.39 is 11.8 Å². The van der Waals surface area contributed by atoms with Crippen LogP contribution in [-0.2, 0) is 14.4 Å². The van der Waals surface area contributed by atoms with Crippen molar-refractivity contribution in [3.05, 3.63) is 71.8 Å². The molecule has 0 radical (unpaired) electrons. The summed E-state index contributed by atoms with van der Waals surface area (Å²) in [5.41, 5.74) is 5.59. The van der Waals surface area contributed by atoms with Crippen molar-refractivity contribution >= 4 is 29.6 Å². The maximum absolute atomic E-state index is 12.1. The molecule has 0 spiro atoms. The van der Waals surface area contributed by atoms with E-state index in [1.165, 1.54) is 12.3 Å². The minimum absolute atomic E-state index is 0.128. The summed E-state index contributed by atoms with van der Waals surface area (Å²) in [6.45, 7) is 7.39. The van der Waals surface area contributed by atoms with Gasteiger partial charge in [-0.05, 0) is 60.9 Å². The number of anilines is 1. The molecule has 2 rings (SSSR count). The fourth-order valence-corrected chi connectivity index (χ4v) is 2.32. The molecule has 0 bridgehead atoms. The van der Waals surface area contributed by atoms with Crippen molar-refractivity contribution in [3.63, 3.8) is 0 Å². The summed E-state index contributed by atoms with van der Waals surface area (Å²) in [6, 6.07) is 12.6. The van der Waals surface area contributed by atoms with Gasteiger partial charge in [0.25, 0.3) is 5.91 Å². The molecule has 0 saturated carbocycles. The van der Waals surface area contributed by atoms with E-state index in [9.17, 15) is 14.4 Å². The molecule has 0 saturated heterocycles. The van der Waals surface area contributed by atoms with Gasteiger partial charge in [-0.15, -0.1) is 6.58 Å². The van der Waals surface area contributed by atoms with Crippen LogP contribution >= 0.6 is 0 Å². The van der Waals surface area contributed by atoms with Gasteiger partial charge in [-0.3, -0.25) is 14.4 Å². The number of carbonyl (C=O) groups excluding carboxylic acids is 3. The Balaban J connectivity index is 1.80. The molecule has 8 heteroatoms. The molecule has 0 atom stereocenters.